The van der Waals surface area contributed by atoms with Crippen LogP contribution in [0.1, 0.15) is 13.8 Å². The number of phenolic OH excluding ortho intramolecular Hbond substituents is 1. The summed E-state index contributed by atoms with van der Waals surface area (Å²) >= 11 is 1.60. The van der Waals surface area contributed by atoms with Gasteiger partial charge in [0, 0.05) is 17.8 Å². The van der Waals surface area contributed by atoms with E-state index >= 15 is 0 Å². The molecule has 0 spiro atoms. The molecular formula is C17H18N2OS. The molecule has 0 unspecified atom stereocenters. The lowest BCUT2D eigenvalue weighted by atomic mass is 10.2. The van der Waals surface area contributed by atoms with Crippen molar-refractivity contribution in [3.8, 4) is 16.3 Å². The van der Waals surface area contributed by atoms with Gasteiger partial charge in [-0.05, 0) is 48.4 Å². The largest absolute Gasteiger partial charge is 0.508 e. The third-order valence-corrected chi connectivity index (χ3v) is 4.29. The molecule has 1 aromatic heterocycles. The summed E-state index contributed by atoms with van der Waals surface area (Å²) in [4.78, 5) is 4.61. The van der Waals surface area contributed by atoms with Gasteiger partial charge >= 0.3 is 0 Å². The molecule has 21 heavy (non-hydrogen) atoms. The monoisotopic (exact) mass is 298 g/mol. The number of thiazole rings is 1. The molecular weight excluding hydrogens is 280 g/mol. The van der Waals surface area contributed by atoms with E-state index in [1.807, 2.05) is 6.07 Å². The molecule has 108 valence electrons. The van der Waals surface area contributed by atoms with E-state index in [9.17, 15) is 5.11 Å². The van der Waals surface area contributed by atoms with Crippen molar-refractivity contribution >= 4 is 27.2 Å². The summed E-state index contributed by atoms with van der Waals surface area (Å²) in [6.45, 7) is 5.36. The predicted octanol–water partition coefficient (Wildman–Crippen LogP) is 4.74. The first kappa shape index (κ1) is 13.9. The number of nitrogens with one attached hydrogen (secondary N) is 1. The predicted molar refractivity (Wildman–Crippen MR) is 90.0 cm³/mol. The average Bonchev–Trinajstić information content (AvgIpc) is 2.88. The van der Waals surface area contributed by atoms with Gasteiger partial charge in [0.05, 0.1) is 10.2 Å². The number of fused-ring (bicyclic) bond motifs is 1. The summed E-state index contributed by atoms with van der Waals surface area (Å²) in [5, 5.41) is 13.9. The molecule has 3 aromatic rings. The number of anilines is 1. The lowest BCUT2D eigenvalue weighted by Crippen LogP contribution is -2.07. The normalized spacial score (nSPS) is 11.2. The van der Waals surface area contributed by atoms with E-state index < -0.39 is 0 Å². The van der Waals surface area contributed by atoms with Gasteiger partial charge in [-0.2, -0.15) is 0 Å². The Morgan fingerprint density at radius 2 is 1.90 bits per heavy atom. The van der Waals surface area contributed by atoms with Crippen LogP contribution in [0.25, 0.3) is 20.8 Å². The Bertz CT molecular complexity index is 747. The maximum absolute atomic E-state index is 9.52. The number of aromatic nitrogens is 1. The van der Waals surface area contributed by atoms with Crippen molar-refractivity contribution in [2.75, 3.05) is 11.9 Å². The van der Waals surface area contributed by atoms with Crippen molar-refractivity contribution in [1.82, 2.24) is 4.98 Å². The zero-order valence-corrected chi connectivity index (χ0v) is 12.9. The van der Waals surface area contributed by atoms with Crippen LogP contribution in [0.5, 0.6) is 5.75 Å². The second-order valence-corrected chi connectivity index (χ2v) is 6.55. The Labute approximate surface area is 128 Å². The Kier molecular flexibility index (Phi) is 3.80. The topological polar surface area (TPSA) is 45.2 Å². The maximum atomic E-state index is 9.52. The maximum Gasteiger partial charge on any atom is 0.124 e. The van der Waals surface area contributed by atoms with E-state index in [4.69, 9.17) is 0 Å². The molecule has 0 fully saturated rings. The number of hydrogen-bond acceptors (Lipinski definition) is 4. The molecule has 0 radical (unpaired) electrons. The van der Waals surface area contributed by atoms with Crippen molar-refractivity contribution < 1.29 is 5.11 Å². The van der Waals surface area contributed by atoms with Gasteiger partial charge in [0.1, 0.15) is 10.8 Å². The number of nitrogens with zero attached hydrogens (tertiary/aromatic N) is 1. The molecule has 0 saturated heterocycles. The molecule has 3 nitrogen and oxygen atoms in total. The SMILES string of the molecule is CC(C)CNc1ccc(-c2nc3ccc(O)cc3s2)cc1. The fraction of sp³-hybridized carbons (Fsp3) is 0.235. The summed E-state index contributed by atoms with van der Waals surface area (Å²) in [5.41, 5.74) is 3.16. The molecule has 0 saturated carbocycles. The molecule has 2 N–H and O–H groups in total. The number of hydrogen-bond donors (Lipinski definition) is 2. The molecule has 4 heteroatoms. The smallest absolute Gasteiger partial charge is 0.124 e. The van der Waals surface area contributed by atoms with Gasteiger partial charge in [-0.3, -0.25) is 0 Å². The van der Waals surface area contributed by atoms with Crippen LogP contribution >= 0.6 is 11.3 Å². The van der Waals surface area contributed by atoms with Gasteiger partial charge in [0.2, 0.25) is 0 Å². The molecule has 0 amide bonds. The summed E-state index contributed by atoms with van der Waals surface area (Å²) in [7, 11) is 0. The Morgan fingerprint density at radius 1 is 1.14 bits per heavy atom. The summed E-state index contributed by atoms with van der Waals surface area (Å²) in [6, 6.07) is 13.6. The van der Waals surface area contributed by atoms with Crippen molar-refractivity contribution in [2.45, 2.75) is 13.8 Å². The molecule has 3 rings (SSSR count). The first-order valence-electron chi connectivity index (χ1n) is 7.05. The highest BCUT2D eigenvalue weighted by Gasteiger charge is 2.07. The molecule has 0 aliphatic heterocycles. The summed E-state index contributed by atoms with van der Waals surface area (Å²) in [5.74, 6) is 0.910. The minimum Gasteiger partial charge on any atom is -0.508 e. The highest BCUT2D eigenvalue weighted by atomic mass is 32.1. The number of aromatic hydroxyl groups is 1. The number of benzene rings is 2. The molecule has 1 heterocycles. The van der Waals surface area contributed by atoms with E-state index in [0.717, 1.165) is 33.0 Å². The molecule has 0 aliphatic rings. The van der Waals surface area contributed by atoms with Crippen LogP contribution in [0.15, 0.2) is 42.5 Å². The highest BCUT2D eigenvalue weighted by molar-refractivity contribution is 7.21. The standard InChI is InChI=1S/C17H18N2OS/c1-11(2)10-18-13-5-3-12(4-6-13)17-19-15-8-7-14(20)9-16(15)21-17/h3-9,11,18,20H,10H2,1-2H3. The summed E-state index contributed by atoms with van der Waals surface area (Å²) in [6.07, 6.45) is 0. The third kappa shape index (κ3) is 3.16. The third-order valence-electron chi connectivity index (χ3n) is 3.22. The van der Waals surface area contributed by atoms with E-state index in [2.05, 4.69) is 48.4 Å². The van der Waals surface area contributed by atoms with Crippen LogP contribution < -0.4 is 5.32 Å². The van der Waals surface area contributed by atoms with Crippen LogP contribution in [0.2, 0.25) is 0 Å². The van der Waals surface area contributed by atoms with Gasteiger partial charge in [-0.1, -0.05) is 13.8 Å². The van der Waals surface area contributed by atoms with E-state index in [1.54, 1.807) is 23.5 Å². The fourth-order valence-electron chi connectivity index (χ4n) is 2.09. The van der Waals surface area contributed by atoms with Crippen molar-refractivity contribution in [1.29, 1.82) is 0 Å². The summed E-state index contributed by atoms with van der Waals surface area (Å²) < 4.78 is 1.01. The van der Waals surface area contributed by atoms with Gasteiger partial charge in [0.15, 0.2) is 0 Å². The van der Waals surface area contributed by atoms with Crippen molar-refractivity contribution in [3.63, 3.8) is 0 Å². The van der Waals surface area contributed by atoms with Gasteiger partial charge in [-0.25, -0.2) is 4.98 Å². The lowest BCUT2D eigenvalue weighted by Gasteiger charge is -2.08. The van der Waals surface area contributed by atoms with Crippen LogP contribution in [0, 0.1) is 5.92 Å². The minimum absolute atomic E-state index is 0.283. The van der Waals surface area contributed by atoms with Crippen molar-refractivity contribution in [3.05, 3.63) is 42.5 Å². The zero-order valence-electron chi connectivity index (χ0n) is 12.1. The van der Waals surface area contributed by atoms with Crippen LogP contribution in [0.3, 0.4) is 0 Å². The highest BCUT2D eigenvalue weighted by Crippen LogP contribution is 2.32. The van der Waals surface area contributed by atoms with E-state index in [0.29, 0.717) is 5.92 Å². The zero-order chi connectivity index (χ0) is 14.8. The second-order valence-electron chi connectivity index (χ2n) is 5.52. The Hall–Kier alpha value is -2.07. The lowest BCUT2D eigenvalue weighted by molar-refractivity contribution is 0.476. The van der Waals surface area contributed by atoms with Gasteiger partial charge in [-0.15, -0.1) is 11.3 Å². The molecule has 0 aliphatic carbocycles. The van der Waals surface area contributed by atoms with Gasteiger partial charge in [0.25, 0.3) is 0 Å². The number of rotatable bonds is 4. The quantitative estimate of drug-likeness (QED) is 0.731. The first-order valence-corrected chi connectivity index (χ1v) is 7.87. The number of phenols is 1. The second kappa shape index (κ2) is 5.74. The first-order chi connectivity index (χ1) is 10.1. The van der Waals surface area contributed by atoms with Crippen molar-refractivity contribution in [2.24, 2.45) is 5.92 Å². The van der Waals surface area contributed by atoms with E-state index in [-0.39, 0.29) is 5.75 Å². The molecule has 0 bridgehead atoms. The Balaban J connectivity index is 1.85. The molecule has 0 atom stereocenters. The Morgan fingerprint density at radius 3 is 2.62 bits per heavy atom. The minimum atomic E-state index is 0.283. The average molecular weight is 298 g/mol. The van der Waals surface area contributed by atoms with Crippen LogP contribution in [0.4, 0.5) is 5.69 Å². The fourth-order valence-corrected chi connectivity index (χ4v) is 3.09. The molecule has 2 aromatic carbocycles. The van der Waals surface area contributed by atoms with Crippen LogP contribution in [-0.2, 0) is 0 Å². The van der Waals surface area contributed by atoms with Crippen LogP contribution in [-0.4, -0.2) is 16.6 Å². The van der Waals surface area contributed by atoms with E-state index in [1.165, 1.54) is 0 Å². The van der Waals surface area contributed by atoms with Gasteiger partial charge < -0.3 is 10.4 Å².